The smallest absolute Gasteiger partial charge is 0.141 e. The molecule has 9 heteroatoms. The maximum atomic E-state index is 13.3. The molecule has 2 aromatic carbocycles. The molecule has 142 valence electrons. The second-order valence-electron chi connectivity index (χ2n) is 5.17. The van der Waals surface area contributed by atoms with Crippen molar-refractivity contribution in [2.24, 2.45) is 0 Å². The van der Waals surface area contributed by atoms with Crippen molar-refractivity contribution >= 4 is 41.0 Å². The Hall–Kier alpha value is -2.71. The fourth-order valence-corrected chi connectivity index (χ4v) is 3.21. The molecular weight excluding hydrogens is 397 g/mol. The first-order valence-electron chi connectivity index (χ1n) is 7.46. The molecule has 2 aromatic rings. The summed E-state index contributed by atoms with van der Waals surface area (Å²) in [5.41, 5.74) is -0.0547. The number of methoxy groups -OCH3 is 1. The minimum absolute atomic E-state index is 0.206. The van der Waals surface area contributed by atoms with Crippen molar-refractivity contribution in [3.05, 3.63) is 69.5 Å². The van der Waals surface area contributed by atoms with E-state index in [-0.39, 0.29) is 21.5 Å². The molecule has 0 heterocycles. The number of carboxylic acid groups (broad SMARTS) is 2. The van der Waals surface area contributed by atoms with E-state index in [0.717, 1.165) is 23.4 Å². The van der Waals surface area contributed by atoms with E-state index >= 15 is 0 Å². The van der Waals surface area contributed by atoms with E-state index in [2.05, 4.69) is 5.32 Å². The number of hydrogen-bond donors (Lipinski definition) is 1. The first-order chi connectivity index (χ1) is 12.8. The standard InChI is InChI=1S/C18H15ClFNO5S/c1-26-12-5-2-10(3-6-12)9-27-16(15(17(22)23)18(24)25)21-11-4-7-14(20)13(19)8-11/h2-8,21H,9H2,1H3,(H,22,23)(H,24,25)/p-2. The normalized spacial score (nSPS) is 10.2. The number of carbonyl (C=O) groups excluding carboxylic acids is 2. The van der Waals surface area contributed by atoms with Gasteiger partial charge in [-0.05, 0) is 35.9 Å². The predicted molar refractivity (Wildman–Crippen MR) is 96.4 cm³/mol. The minimum Gasteiger partial charge on any atom is -0.545 e. The molecule has 0 fully saturated rings. The molecule has 0 bridgehead atoms. The summed E-state index contributed by atoms with van der Waals surface area (Å²) >= 11 is 6.60. The first-order valence-corrected chi connectivity index (χ1v) is 8.83. The number of thioether (sulfide) groups is 1. The molecule has 0 saturated heterocycles. The topological polar surface area (TPSA) is 102 Å². The third kappa shape index (κ3) is 5.63. The molecule has 0 amide bonds. The number of carboxylic acids is 2. The van der Waals surface area contributed by atoms with Gasteiger partial charge in [-0.15, -0.1) is 11.8 Å². The predicted octanol–water partition coefficient (Wildman–Crippen LogP) is 1.54. The molecule has 27 heavy (non-hydrogen) atoms. The molecule has 0 aliphatic heterocycles. The van der Waals surface area contributed by atoms with E-state index in [1.54, 1.807) is 24.3 Å². The Kier molecular flexibility index (Phi) is 7.09. The van der Waals surface area contributed by atoms with Crippen molar-refractivity contribution in [2.45, 2.75) is 5.75 Å². The number of halogens is 2. The zero-order chi connectivity index (χ0) is 20.0. The zero-order valence-electron chi connectivity index (χ0n) is 14.0. The van der Waals surface area contributed by atoms with Crippen LogP contribution in [-0.2, 0) is 15.3 Å². The van der Waals surface area contributed by atoms with Gasteiger partial charge < -0.3 is 29.9 Å². The lowest BCUT2D eigenvalue weighted by Crippen LogP contribution is -2.37. The summed E-state index contributed by atoms with van der Waals surface area (Å²) in [5.74, 6) is -3.60. The molecule has 0 aliphatic rings. The van der Waals surface area contributed by atoms with Crippen LogP contribution in [0.25, 0.3) is 0 Å². The molecule has 0 unspecified atom stereocenters. The monoisotopic (exact) mass is 409 g/mol. The highest BCUT2D eigenvalue weighted by molar-refractivity contribution is 8.02. The van der Waals surface area contributed by atoms with Gasteiger partial charge in [0.15, 0.2) is 0 Å². The van der Waals surface area contributed by atoms with Gasteiger partial charge >= 0.3 is 0 Å². The number of rotatable bonds is 8. The van der Waals surface area contributed by atoms with Crippen LogP contribution in [0.1, 0.15) is 5.56 Å². The third-order valence-electron chi connectivity index (χ3n) is 3.36. The van der Waals surface area contributed by atoms with Crippen LogP contribution in [0, 0.1) is 5.82 Å². The Bertz CT molecular complexity index is 870. The number of carbonyl (C=O) groups is 2. The van der Waals surface area contributed by atoms with Crippen molar-refractivity contribution in [3.8, 4) is 5.75 Å². The van der Waals surface area contributed by atoms with Crippen LogP contribution < -0.4 is 20.3 Å². The van der Waals surface area contributed by atoms with Gasteiger partial charge in [-0.3, -0.25) is 0 Å². The Morgan fingerprint density at radius 1 is 1.15 bits per heavy atom. The highest BCUT2D eigenvalue weighted by Gasteiger charge is 2.13. The molecule has 0 spiro atoms. The molecule has 0 aliphatic carbocycles. The van der Waals surface area contributed by atoms with Crippen LogP contribution in [0.3, 0.4) is 0 Å². The molecule has 0 radical (unpaired) electrons. The molecule has 1 N–H and O–H groups in total. The van der Waals surface area contributed by atoms with Crippen molar-refractivity contribution < 1.29 is 28.9 Å². The first kappa shape index (κ1) is 20.6. The fraction of sp³-hybridized carbons (Fsp3) is 0.111. The Morgan fingerprint density at radius 2 is 1.78 bits per heavy atom. The summed E-state index contributed by atoms with van der Waals surface area (Å²) in [6.45, 7) is 0. The second-order valence-corrected chi connectivity index (χ2v) is 6.56. The maximum Gasteiger partial charge on any atom is 0.141 e. The van der Waals surface area contributed by atoms with E-state index in [9.17, 15) is 24.2 Å². The van der Waals surface area contributed by atoms with Crippen LogP contribution in [0.5, 0.6) is 5.75 Å². The van der Waals surface area contributed by atoms with Gasteiger partial charge in [0.05, 0.1) is 34.7 Å². The van der Waals surface area contributed by atoms with E-state index in [4.69, 9.17) is 16.3 Å². The number of nitrogens with one attached hydrogen (secondary N) is 1. The van der Waals surface area contributed by atoms with E-state index in [0.29, 0.717) is 5.75 Å². The number of ether oxygens (including phenoxy) is 1. The van der Waals surface area contributed by atoms with Crippen molar-refractivity contribution in [2.75, 3.05) is 12.4 Å². The Labute approximate surface area is 163 Å². The SMILES string of the molecule is COc1ccc(CSC(Nc2ccc(F)c(Cl)c2)=C(C(=O)[O-])C(=O)[O-])cc1. The van der Waals surface area contributed by atoms with Crippen LogP contribution in [0.2, 0.25) is 5.02 Å². The fourth-order valence-electron chi connectivity index (χ4n) is 2.02. The largest absolute Gasteiger partial charge is 0.545 e. The van der Waals surface area contributed by atoms with Crippen LogP contribution in [-0.4, -0.2) is 19.0 Å². The average Bonchev–Trinajstić information content (AvgIpc) is 2.62. The summed E-state index contributed by atoms with van der Waals surface area (Å²) in [7, 11) is 1.52. The van der Waals surface area contributed by atoms with Crippen molar-refractivity contribution in [1.29, 1.82) is 0 Å². The van der Waals surface area contributed by atoms with Gasteiger partial charge in [0.25, 0.3) is 0 Å². The van der Waals surface area contributed by atoms with Crippen molar-refractivity contribution in [1.82, 2.24) is 0 Å². The average molecular weight is 410 g/mol. The summed E-state index contributed by atoms with van der Waals surface area (Å²) in [6.07, 6.45) is 0. The van der Waals surface area contributed by atoms with Gasteiger partial charge in [-0.25, -0.2) is 4.39 Å². The summed E-state index contributed by atoms with van der Waals surface area (Å²) in [4.78, 5) is 22.5. The van der Waals surface area contributed by atoms with E-state index in [1.807, 2.05) is 0 Å². The molecule has 0 aromatic heterocycles. The zero-order valence-corrected chi connectivity index (χ0v) is 15.5. The number of aliphatic carboxylic acids is 2. The Balaban J connectivity index is 2.31. The third-order valence-corrected chi connectivity index (χ3v) is 4.72. The molecule has 0 saturated carbocycles. The molecule has 2 rings (SSSR count). The van der Waals surface area contributed by atoms with E-state index in [1.165, 1.54) is 19.2 Å². The molecule has 6 nitrogen and oxygen atoms in total. The lowest BCUT2D eigenvalue weighted by Gasteiger charge is -2.18. The quantitative estimate of drug-likeness (QED) is 0.401. The maximum absolute atomic E-state index is 13.3. The Morgan fingerprint density at radius 3 is 2.30 bits per heavy atom. The lowest BCUT2D eigenvalue weighted by molar-refractivity contribution is -0.312. The summed E-state index contributed by atoms with van der Waals surface area (Å²) < 4.78 is 18.3. The number of benzene rings is 2. The number of anilines is 1. The van der Waals surface area contributed by atoms with Gasteiger partial charge in [-0.2, -0.15) is 0 Å². The highest BCUT2D eigenvalue weighted by atomic mass is 35.5. The lowest BCUT2D eigenvalue weighted by atomic mass is 10.2. The van der Waals surface area contributed by atoms with Gasteiger partial charge in [0, 0.05) is 11.4 Å². The summed E-state index contributed by atoms with van der Waals surface area (Å²) in [5, 5.41) is 24.7. The summed E-state index contributed by atoms with van der Waals surface area (Å²) in [6, 6.07) is 10.5. The van der Waals surface area contributed by atoms with Crippen LogP contribution in [0.15, 0.2) is 53.1 Å². The second kappa shape index (κ2) is 9.29. The number of hydrogen-bond acceptors (Lipinski definition) is 7. The highest BCUT2D eigenvalue weighted by Crippen LogP contribution is 2.28. The minimum atomic E-state index is -1.91. The van der Waals surface area contributed by atoms with Crippen LogP contribution in [0.4, 0.5) is 10.1 Å². The molecule has 0 atom stereocenters. The van der Waals surface area contributed by atoms with Crippen molar-refractivity contribution in [3.63, 3.8) is 0 Å². The van der Waals surface area contributed by atoms with Crippen LogP contribution >= 0.6 is 23.4 Å². The van der Waals surface area contributed by atoms with Gasteiger partial charge in [0.1, 0.15) is 11.6 Å². The van der Waals surface area contributed by atoms with Gasteiger partial charge in [0.2, 0.25) is 0 Å². The molecular formula is C18H13ClFNO5S-2. The van der Waals surface area contributed by atoms with E-state index < -0.39 is 23.3 Å². The van der Waals surface area contributed by atoms with Gasteiger partial charge in [-0.1, -0.05) is 23.7 Å².